The molecule has 0 aromatic heterocycles. The number of hydrogen-bond donors (Lipinski definition) is 1. The molecule has 0 radical (unpaired) electrons. The summed E-state index contributed by atoms with van der Waals surface area (Å²) in [4.78, 5) is 10.3. The van der Waals surface area contributed by atoms with Crippen molar-refractivity contribution in [3.8, 4) is 6.07 Å². The van der Waals surface area contributed by atoms with Gasteiger partial charge in [-0.2, -0.15) is 5.26 Å². The van der Waals surface area contributed by atoms with E-state index in [-0.39, 0.29) is 11.3 Å². The molecular weight excluding hydrogens is 254 g/mol. The van der Waals surface area contributed by atoms with Gasteiger partial charge in [-0.15, -0.1) is 0 Å². The van der Waals surface area contributed by atoms with E-state index in [9.17, 15) is 14.3 Å². The summed E-state index contributed by atoms with van der Waals surface area (Å²) in [5.74, 6) is 0.553. The molecule has 0 spiro atoms. The third-order valence-corrected chi connectivity index (χ3v) is 3.11. The van der Waals surface area contributed by atoms with Gasteiger partial charge in [-0.25, -0.2) is 0 Å². The summed E-state index contributed by atoms with van der Waals surface area (Å²) < 4.78 is 10.9. The highest BCUT2D eigenvalue weighted by Crippen LogP contribution is 2.25. The van der Waals surface area contributed by atoms with Crippen LogP contribution in [0.3, 0.4) is 0 Å². The van der Waals surface area contributed by atoms with Gasteiger partial charge >= 0.3 is 0 Å². The molecule has 0 heterocycles. The van der Waals surface area contributed by atoms with E-state index in [0.717, 1.165) is 0 Å². The lowest BCUT2D eigenvalue weighted by molar-refractivity contribution is -0.384. The summed E-state index contributed by atoms with van der Waals surface area (Å²) in [5.41, 5.74) is 0.509. The summed E-state index contributed by atoms with van der Waals surface area (Å²) in [6, 6.07) is 6.13. The predicted octanol–water partition coefficient (Wildman–Crippen LogP) is 1.65. The van der Waals surface area contributed by atoms with Crippen molar-refractivity contribution in [2.45, 2.75) is 6.42 Å². The first-order chi connectivity index (χ1) is 8.54. The SMILES string of the molecule is CS(=O)CCCNc1ccc(C#N)cc1[N+](=O)[O-]. The molecule has 0 saturated heterocycles. The van der Waals surface area contributed by atoms with Crippen LogP contribution in [0.4, 0.5) is 11.4 Å². The number of anilines is 1. The Balaban J connectivity index is 2.73. The van der Waals surface area contributed by atoms with Crippen molar-refractivity contribution in [1.82, 2.24) is 0 Å². The van der Waals surface area contributed by atoms with E-state index in [0.29, 0.717) is 24.4 Å². The van der Waals surface area contributed by atoms with Gasteiger partial charge in [0.15, 0.2) is 0 Å². The van der Waals surface area contributed by atoms with Gasteiger partial charge in [0.25, 0.3) is 5.69 Å². The Kier molecular flexibility index (Phi) is 5.27. The third-order valence-electron chi connectivity index (χ3n) is 2.25. The van der Waals surface area contributed by atoms with E-state index in [1.807, 2.05) is 6.07 Å². The fourth-order valence-corrected chi connectivity index (χ4v) is 1.95. The zero-order valence-corrected chi connectivity index (χ0v) is 10.7. The second-order valence-electron chi connectivity index (χ2n) is 3.66. The molecule has 6 nitrogen and oxygen atoms in total. The van der Waals surface area contributed by atoms with Gasteiger partial charge in [-0.05, 0) is 18.6 Å². The molecule has 0 fully saturated rings. The average Bonchev–Trinajstić information content (AvgIpc) is 2.34. The molecular formula is C11H13N3O3S. The lowest BCUT2D eigenvalue weighted by atomic mass is 10.2. The largest absolute Gasteiger partial charge is 0.379 e. The van der Waals surface area contributed by atoms with E-state index >= 15 is 0 Å². The van der Waals surface area contributed by atoms with E-state index in [2.05, 4.69) is 5.32 Å². The van der Waals surface area contributed by atoms with Crippen LogP contribution in [-0.4, -0.2) is 27.7 Å². The number of rotatable bonds is 6. The molecule has 1 N–H and O–H groups in total. The number of nitro benzene ring substituents is 1. The molecule has 1 unspecified atom stereocenters. The molecule has 1 rings (SSSR count). The summed E-state index contributed by atoms with van der Waals surface area (Å²) >= 11 is 0. The van der Waals surface area contributed by atoms with Crippen LogP contribution in [0.2, 0.25) is 0 Å². The van der Waals surface area contributed by atoms with Crippen LogP contribution >= 0.6 is 0 Å². The third kappa shape index (κ3) is 4.14. The maximum Gasteiger partial charge on any atom is 0.293 e. The monoisotopic (exact) mass is 267 g/mol. The van der Waals surface area contributed by atoms with Crippen LogP contribution in [-0.2, 0) is 10.8 Å². The first-order valence-electron chi connectivity index (χ1n) is 5.27. The highest BCUT2D eigenvalue weighted by molar-refractivity contribution is 7.84. The van der Waals surface area contributed by atoms with Crippen molar-refractivity contribution in [3.05, 3.63) is 33.9 Å². The molecule has 1 atom stereocenters. The van der Waals surface area contributed by atoms with Gasteiger partial charge in [-0.1, -0.05) is 0 Å². The van der Waals surface area contributed by atoms with Gasteiger partial charge in [0, 0.05) is 35.4 Å². The van der Waals surface area contributed by atoms with E-state index in [4.69, 9.17) is 5.26 Å². The zero-order valence-electron chi connectivity index (χ0n) is 9.88. The van der Waals surface area contributed by atoms with Crippen molar-refractivity contribution in [2.75, 3.05) is 23.9 Å². The van der Waals surface area contributed by atoms with E-state index in [1.165, 1.54) is 18.2 Å². The van der Waals surface area contributed by atoms with E-state index < -0.39 is 15.7 Å². The Bertz CT molecular complexity index is 511. The van der Waals surface area contributed by atoms with Crippen LogP contribution in [0.5, 0.6) is 0 Å². The molecule has 0 bridgehead atoms. The summed E-state index contributed by atoms with van der Waals surface area (Å²) in [7, 11) is -0.860. The second-order valence-corrected chi connectivity index (χ2v) is 5.21. The minimum Gasteiger partial charge on any atom is -0.379 e. The Morgan fingerprint density at radius 1 is 1.56 bits per heavy atom. The Labute approximate surface area is 107 Å². The van der Waals surface area contributed by atoms with Gasteiger partial charge in [0.05, 0.1) is 16.6 Å². The Morgan fingerprint density at radius 2 is 2.28 bits per heavy atom. The number of nitro groups is 1. The number of nitrogens with zero attached hydrogens (tertiary/aromatic N) is 2. The van der Waals surface area contributed by atoms with Crippen LogP contribution in [0.25, 0.3) is 0 Å². The summed E-state index contributed by atoms with van der Waals surface area (Å²) in [5, 5.41) is 22.4. The molecule has 96 valence electrons. The molecule has 1 aromatic carbocycles. The molecule has 0 aliphatic carbocycles. The van der Waals surface area contributed by atoms with Gasteiger partial charge in [0.2, 0.25) is 0 Å². The van der Waals surface area contributed by atoms with Crippen LogP contribution < -0.4 is 5.32 Å². The number of nitriles is 1. The summed E-state index contributed by atoms with van der Waals surface area (Å²) in [6.07, 6.45) is 2.28. The average molecular weight is 267 g/mol. The fourth-order valence-electron chi connectivity index (χ4n) is 1.40. The maximum absolute atomic E-state index is 10.9. The predicted molar refractivity (Wildman–Crippen MR) is 69.9 cm³/mol. The fraction of sp³-hybridized carbons (Fsp3) is 0.364. The molecule has 7 heteroatoms. The maximum atomic E-state index is 10.9. The first kappa shape index (κ1) is 14.1. The van der Waals surface area contributed by atoms with Crippen molar-refractivity contribution in [2.24, 2.45) is 0 Å². The second kappa shape index (κ2) is 6.71. The van der Waals surface area contributed by atoms with Gasteiger partial charge in [0.1, 0.15) is 5.69 Å². The number of nitrogens with one attached hydrogen (secondary N) is 1. The van der Waals surface area contributed by atoms with Crippen molar-refractivity contribution in [3.63, 3.8) is 0 Å². The standard InChI is InChI=1S/C11H13N3O3S/c1-18(17)6-2-5-13-10-4-3-9(8-12)7-11(10)14(15)16/h3-4,7,13H,2,5-6H2,1H3. The molecule has 0 aliphatic heterocycles. The lowest BCUT2D eigenvalue weighted by Crippen LogP contribution is -2.07. The van der Waals surface area contributed by atoms with Gasteiger partial charge in [-0.3, -0.25) is 14.3 Å². The van der Waals surface area contributed by atoms with Crippen LogP contribution in [0.15, 0.2) is 18.2 Å². The minimum absolute atomic E-state index is 0.119. The first-order valence-corrected chi connectivity index (χ1v) is 6.99. The summed E-state index contributed by atoms with van der Waals surface area (Å²) in [6.45, 7) is 0.506. The highest BCUT2D eigenvalue weighted by atomic mass is 32.2. The van der Waals surface area contributed by atoms with Crippen LogP contribution in [0.1, 0.15) is 12.0 Å². The molecule has 0 aliphatic rings. The highest BCUT2D eigenvalue weighted by Gasteiger charge is 2.14. The Hall–Kier alpha value is -1.94. The molecule has 0 amide bonds. The van der Waals surface area contributed by atoms with Crippen molar-refractivity contribution >= 4 is 22.2 Å². The molecule has 1 aromatic rings. The van der Waals surface area contributed by atoms with Crippen molar-refractivity contribution < 1.29 is 9.13 Å². The molecule has 18 heavy (non-hydrogen) atoms. The number of hydrogen-bond acceptors (Lipinski definition) is 5. The minimum atomic E-state index is -0.860. The normalized spacial score (nSPS) is 11.6. The van der Waals surface area contributed by atoms with Gasteiger partial charge < -0.3 is 5.32 Å². The van der Waals surface area contributed by atoms with Crippen LogP contribution in [0, 0.1) is 21.4 Å². The number of benzene rings is 1. The topological polar surface area (TPSA) is 96.0 Å². The molecule has 0 saturated carbocycles. The lowest BCUT2D eigenvalue weighted by Gasteiger charge is -2.06. The smallest absolute Gasteiger partial charge is 0.293 e. The van der Waals surface area contributed by atoms with E-state index in [1.54, 1.807) is 6.26 Å². The van der Waals surface area contributed by atoms with Crippen molar-refractivity contribution in [1.29, 1.82) is 5.26 Å². The quantitative estimate of drug-likeness (QED) is 0.480. The Morgan fingerprint density at radius 3 is 2.83 bits per heavy atom. The zero-order chi connectivity index (χ0) is 13.5.